The summed E-state index contributed by atoms with van der Waals surface area (Å²) >= 11 is 0. The number of carbonyl (C=O) groups is 3. The molecule has 0 aromatic rings. The molecule has 6 nitrogen and oxygen atoms in total. The maximum atomic E-state index is 12.4. The minimum Gasteiger partial charge on any atom is -0.481 e. The molecular weight excluding hydrogens is 372 g/mol. The van der Waals surface area contributed by atoms with Crippen LogP contribution in [0.4, 0.5) is 0 Å². The molecule has 2 spiro atoms. The van der Waals surface area contributed by atoms with E-state index >= 15 is 0 Å². The smallest absolute Gasteiger partial charge is 0.310 e. The van der Waals surface area contributed by atoms with Crippen molar-refractivity contribution in [2.75, 3.05) is 0 Å². The van der Waals surface area contributed by atoms with Gasteiger partial charge in [0.05, 0.1) is 12.0 Å². The number of aliphatic carboxylic acids is 1. The first-order valence-electron chi connectivity index (χ1n) is 11.0. The average Bonchev–Trinajstić information content (AvgIpc) is 3.14. The fraction of sp³-hybridized carbons (Fsp3) is 0.783. The molecule has 0 unspecified atom stereocenters. The zero-order chi connectivity index (χ0) is 20.4. The molecule has 5 fully saturated rings. The first-order valence-corrected chi connectivity index (χ1v) is 11.0. The lowest BCUT2D eigenvalue weighted by molar-refractivity contribution is -0.168. The molecule has 4 aliphatic carbocycles. The summed E-state index contributed by atoms with van der Waals surface area (Å²) in [5, 5.41) is 10.2. The summed E-state index contributed by atoms with van der Waals surface area (Å²) in [6.07, 6.45) is 7.19. The lowest BCUT2D eigenvalue weighted by Crippen LogP contribution is -2.62. The normalized spacial score (nSPS) is 54.8. The number of ether oxygens (including phenoxy) is 2. The van der Waals surface area contributed by atoms with E-state index in [9.17, 15) is 19.5 Å². The van der Waals surface area contributed by atoms with Gasteiger partial charge in [-0.2, -0.15) is 0 Å². The van der Waals surface area contributed by atoms with E-state index in [0.717, 1.165) is 37.7 Å². The van der Waals surface area contributed by atoms with Crippen LogP contribution in [-0.2, 0) is 23.9 Å². The molecule has 2 saturated heterocycles. The number of hydrogen-bond donors (Lipinski definition) is 1. The van der Waals surface area contributed by atoms with E-state index in [-0.39, 0.29) is 40.5 Å². The van der Waals surface area contributed by atoms with Gasteiger partial charge in [-0.05, 0) is 38.0 Å². The summed E-state index contributed by atoms with van der Waals surface area (Å²) in [6.45, 7) is 4.40. The second-order valence-corrected chi connectivity index (χ2v) is 10.8. The lowest BCUT2D eigenvalue weighted by Gasteiger charge is -2.57. The number of carboxylic acids is 1. The molecule has 1 N–H and O–H groups in total. The quantitative estimate of drug-likeness (QED) is 0.413. The number of Topliss-reactive ketones (excluding diaryl/α,β-unsaturated/α-hetero) is 1. The van der Waals surface area contributed by atoms with Gasteiger partial charge in [-0.3, -0.25) is 14.4 Å². The van der Waals surface area contributed by atoms with E-state index in [2.05, 4.69) is 13.8 Å². The van der Waals surface area contributed by atoms with Crippen LogP contribution in [0.3, 0.4) is 0 Å². The Labute approximate surface area is 170 Å². The number of esters is 1. The second-order valence-electron chi connectivity index (χ2n) is 10.8. The van der Waals surface area contributed by atoms with Crippen LogP contribution >= 0.6 is 0 Å². The van der Waals surface area contributed by atoms with Crippen molar-refractivity contribution in [3.05, 3.63) is 11.6 Å². The SMILES string of the molecule is C[C@]12CCC(=O)CC1=C[C@@H](C(=O)O)[C@H]1[C@@H]3CC[C@@]4(CCC(=O)O4)[C@@]3(C)C[C@H]3O[C@@]132. The Kier molecular flexibility index (Phi) is 3.20. The van der Waals surface area contributed by atoms with Gasteiger partial charge in [0.25, 0.3) is 0 Å². The molecule has 0 amide bonds. The molecule has 6 aliphatic rings. The second kappa shape index (κ2) is 5.13. The van der Waals surface area contributed by atoms with E-state index in [1.165, 1.54) is 0 Å². The topological polar surface area (TPSA) is 93.2 Å². The van der Waals surface area contributed by atoms with Gasteiger partial charge in [-0.25, -0.2) is 0 Å². The fourth-order valence-electron chi connectivity index (χ4n) is 8.47. The van der Waals surface area contributed by atoms with Crippen molar-refractivity contribution >= 4 is 17.7 Å². The van der Waals surface area contributed by atoms with Gasteiger partial charge in [0.2, 0.25) is 0 Å². The maximum absolute atomic E-state index is 12.4. The Bertz CT molecular complexity index is 892. The predicted octanol–water partition coefficient (Wildman–Crippen LogP) is 3.04. The highest BCUT2D eigenvalue weighted by Crippen LogP contribution is 2.77. The van der Waals surface area contributed by atoms with E-state index < -0.39 is 23.1 Å². The fourth-order valence-corrected chi connectivity index (χ4v) is 8.47. The van der Waals surface area contributed by atoms with Crippen molar-refractivity contribution in [3.63, 3.8) is 0 Å². The van der Waals surface area contributed by atoms with Gasteiger partial charge in [-0.15, -0.1) is 0 Å². The third-order valence-corrected chi connectivity index (χ3v) is 9.97. The molecule has 0 bridgehead atoms. The number of ketones is 1. The minimum atomic E-state index is -0.829. The monoisotopic (exact) mass is 400 g/mol. The molecule has 29 heavy (non-hydrogen) atoms. The zero-order valence-corrected chi connectivity index (χ0v) is 17.0. The lowest BCUT2D eigenvalue weighted by atomic mass is 9.44. The van der Waals surface area contributed by atoms with Crippen LogP contribution in [-0.4, -0.2) is 40.1 Å². The van der Waals surface area contributed by atoms with Crippen molar-refractivity contribution < 1.29 is 29.0 Å². The molecular formula is C23H28O6. The van der Waals surface area contributed by atoms with Gasteiger partial charge in [0, 0.05) is 36.0 Å². The minimum absolute atomic E-state index is 0.0215. The molecule has 2 aliphatic heterocycles. The first-order chi connectivity index (χ1) is 13.7. The molecule has 2 heterocycles. The molecule has 3 saturated carbocycles. The number of carboxylic acid groups (broad SMARTS) is 1. The van der Waals surface area contributed by atoms with Gasteiger partial charge in [0.1, 0.15) is 17.0 Å². The van der Waals surface area contributed by atoms with Gasteiger partial charge in [0.15, 0.2) is 0 Å². The highest BCUT2D eigenvalue weighted by atomic mass is 16.6. The molecule has 0 radical (unpaired) electrons. The van der Waals surface area contributed by atoms with Crippen LogP contribution < -0.4 is 0 Å². The third-order valence-electron chi connectivity index (χ3n) is 9.97. The summed E-state index contributed by atoms with van der Waals surface area (Å²) in [5.41, 5.74) is -0.508. The number of carbonyl (C=O) groups excluding carboxylic acids is 2. The Morgan fingerprint density at radius 1 is 1.17 bits per heavy atom. The predicted molar refractivity (Wildman–Crippen MR) is 101 cm³/mol. The number of epoxide rings is 1. The van der Waals surface area contributed by atoms with E-state index in [1.807, 2.05) is 6.08 Å². The average molecular weight is 400 g/mol. The van der Waals surface area contributed by atoms with Crippen LogP contribution in [0.2, 0.25) is 0 Å². The highest BCUT2D eigenvalue weighted by Gasteiger charge is 2.83. The van der Waals surface area contributed by atoms with Gasteiger partial charge >= 0.3 is 11.9 Å². The largest absolute Gasteiger partial charge is 0.481 e. The van der Waals surface area contributed by atoms with Crippen LogP contribution in [0.5, 0.6) is 0 Å². The summed E-state index contributed by atoms with van der Waals surface area (Å²) in [7, 11) is 0. The number of hydrogen-bond acceptors (Lipinski definition) is 5. The molecule has 8 atom stereocenters. The Hall–Kier alpha value is -1.69. The van der Waals surface area contributed by atoms with Gasteiger partial charge in [-0.1, -0.05) is 25.5 Å². The van der Waals surface area contributed by atoms with Crippen molar-refractivity contribution in [2.24, 2.45) is 28.6 Å². The van der Waals surface area contributed by atoms with E-state index in [4.69, 9.17) is 9.47 Å². The zero-order valence-electron chi connectivity index (χ0n) is 17.0. The molecule has 156 valence electrons. The molecule has 6 heteroatoms. The van der Waals surface area contributed by atoms with Crippen LogP contribution in [0.15, 0.2) is 11.6 Å². The van der Waals surface area contributed by atoms with Crippen LogP contribution in [0, 0.1) is 28.6 Å². The Balaban J connectivity index is 1.50. The van der Waals surface area contributed by atoms with Crippen LogP contribution in [0.25, 0.3) is 0 Å². The molecule has 6 rings (SSSR count). The van der Waals surface area contributed by atoms with Gasteiger partial charge < -0.3 is 14.6 Å². The number of rotatable bonds is 1. The van der Waals surface area contributed by atoms with E-state index in [0.29, 0.717) is 19.3 Å². The summed E-state index contributed by atoms with van der Waals surface area (Å²) in [4.78, 5) is 36.6. The summed E-state index contributed by atoms with van der Waals surface area (Å²) in [5.74, 6) is -1.40. The number of fused-ring (bicyclic) bond motifs is 4. The summed E-state index contributed by atoms with van der Waals surface area (Å²) in [6, 6.07) is 0. The molecule has 0 aromatic heterocycles. The van der Waals surface area contributed by atoms with Crippen molar-refractivity contribution in [1.82, 2.24) is 0 Å². The third kappa shape index (κ3) is 1.86. The Morgan fingerprint density at radius 2 is 1.97 bits per heavy atom. The van der Waals surface area contributed by atoms with Crippen molar-refractivity contribution in [1.29, 1.82) is 0 Å². The first kappa shape index (κ1) is 18.1. The highest BCUT2D eigenvalue weighted by molar-refractivity contribution is 5.84. The maximum Gasteiger partial charge on any atom is 0.310 e. The van der Waals surface area contributed by atoms with E-state index in [1.54, 1.807) is 0 Å². The standard InChI is InChI=1S/C23H28O6/c1-20-6-3-13(24)9-12(20)10-14(19(26)27)18-15-4-7-22(8-5-17(25)29-22)21(15,2)11-16-23(18,20)28-16/h10,14-16,18H,3-9,11H2,1-2H3,(H,26,27)/t14-,15+,16-,18+,20+,21+,22-,23-/m1/s1. The summed E-state index contributed by atoms with van der Waals surface area (Å²) < 4.78 is 12.5. The van der Waals surface area contributed by atoms with Crippen LogP contribution in [0.1, 0.15) is 65.2 Å². The van der Waals surface area contributed by atoms with Crippen molar-refractivity contribution in [2.45, 2.75) is 82.5 Å². The molecule has 0 aromatic carbocycles. The van der Waals surface area contributed by atoms with Crippen molar-refractivity contribution in [3.8, 4) is 0 Å². The Morgan fingerprint density at radius 3 is 2.66 bits per heavy atom.